The van der Waals surface area contributed by atoms with Crippen molar-refractivity contribution in [3.8, 4) is 0 Å². The van der Waals surface area contributed by atoms with Gasteiger partial charge in [0.2, 0.25) is 0 Å². The predicted molar refractivity (Wildman–Crippen MR) is 130 cm³/mol. The molecule has 0 aliphatic heterocycles. The maximum absolute atomic E-state index is 12.8. The number of fused-ring (bicyclic) bond motifs is 2. The van der Waals surface area contributed by atoms with E-state index in [1.807, 2.05) is 55.5 Å². The second kappa shape index (κ2) is 11.1. The third-order valence-corrected chi connectivity index (χ3v) is 5.81. The Labute approximate surface area is 194 Å². The third-order valence-electron chi connectivity index (χ3n) is 5.81. The highest BCUT2D eigenvalue weighted by Crippen LogP contribution is 2.30. The number of nitrogens with zero attached hydrogens (tertiary/aromatic N) is 1. The van der Waals surface area contributed by atoms with E-state index in [1.165, 1.54) is 0 Å². The molecule has 0 aromatic heterocycles. The van der Waals surface area contributed by atoms with Gasteiger partial charge in [-0.3, -0.25) is 4.79 Å². The van der Waals surface area contributed by atoms with E-state index in [1.54, 1.807) is 20.1 Å². The lowest BCUT2D eigenvalue weighted by Crippen LogP contribution is -2.31. The molecule has 6 nitrogen and oxygen atoms in total. The maximum atomic E-state index is 12.8. The number of oxime groups is 1. The van der Waals surface area contributed by atoms with Crippen LogP contribution in [0.15, 0.2) is 59.8 Å². The molecule has 0 fully saturated rings. The number of aliphatic hydroxyl groups is 1. The van der Waals surface area contributed by atoms with E-state index in [-0.39, 0.29) is 25.6 Å². The van der Waals surface area contributed by atoms with Crippen LogP contribution >= 0.6 is 0 Å². The standard InChI is InChI=1S/C27H31NO5/c1-4-19(25(30)32-15-9-14-29)17-27(2,3)26(31)33-28-18-24-22-12-7-5-10-20(22)16-21-11-6-8-13-23(21)24/h5-8,10-13,16,18-19,29H,4,9,14-15,17H2,1-3H3/b28-18+. The summed E-state index contributed by atoms with van der Waals surface area (Å²) in [5, 5.41) is 17.1. The second-order valence-corrected chi connectivity index (χ2v) is 8.78. The molecule has 0 saturated carbocycles. The molecule has 1 unspecified atom stereocenters. The molecular weight excluding hydrogens is 418 g/mol. The van der Waals surface area contributed by atoms with Crippen LogP contribution in [0.4, 0.5) is 0 Å². The summed E-state index contributed by atoms with van der Waals surface area (Å²) in [5.74, 6) is -1.31. The molecule has 1 N–H and O–H groups in total. The average Bonchev–Trinajstić information content (AvgIpc) is 2.82. The second-order valence-electron chi connectivity index (χ2n) is 8.78. The van der Waals surface area contributed by atoms with Gasteiger partial charge in [0, 0.05) is 18.6 Å². The first kappa shape index (κ1) is 24.4. The summed E-state index contributed by atoms with van der Waals surface area (Å²) >= 11 is 0. The maximum Gasteiger partial charge on any atom is 0.340 e. The first-order valence-corrected chi connectivity index (χ1v) is 11.3. The Kier molecular flexibility index (Phi) is 8.17. The minimum Gasteiger partial charge on any atom is -0.465 e. The highest BCUT2D eigenvalue weighted by atomic mass is 16.7. The molecule has 0 saturated heterocycles. The summed E-state index contributed by atoms with van der Waals surface area (Å²) in [5.41, 5.74) is -0.0392. The van der Waals surface area contributed by atoms with Crippen molar-refractivity contribution in [1.29, 1.82) is 0 Å². The molecule has 0 bridgehead atoms. The van der Waals surface area contributed by atoms with Gasteiger partial charge in [0.25, 0.3) is 0 Å². The van der Waals surface area contributed by atoms with Crippen molar-refractivity contribution in [1.82, 2.24) is 0 Å². The molecule has 6 heteroatoms. The lowest BCUT2D eigenvalue weighted by molar-refractivity contribution is -0.158. The van der Waals surface area contributed by atoms with E-state index in [4.69, 9.17) is 14.7 Å². The van der Waals surface area contributed by atoms with Crippen LogP contribution in [0.2, 0.25) is 0 Å². The van der Waals surface area contributed by atoms with E-state index in [0.717, 1.165) is 27.1 Å². The predicted octanol–water partition coefficient (Wildman–Crippen LogP) is 5.24. The monoisotopic (exact) mass is 449 g/mol. The molecular formula is C27H31NO5. The van der Waals surface area contributed by atoms with Crippen molar-refractivity contribution in [3.63, 3.8) is 0 Å². The number of carbonyl (C=O) groups is 2. The summed E-state index contributed by atoms with van der Waals surface area (Å²) in [6, 6.07) is 18.1. The summed E-state index contributed by atoms with van der Waals surface area (Å²) in [7, 11) is 0. The fourth-order valence-electron chi connectivity index (χ4n) is 3.89. The molecule has 0 heterocycles. The van der Waals surface area contributed by atoms with Crippen LogP contribution in [0, 0.1) is 11.3 Å². The number of ether oxygens (including phenoxy) is 1. The van der Waals surface area contributed by atoms with Crippen LogP contribution in [0.1, 0.15) is 45.6 Å². The van der Waals surface area contributed by atoms with Gasteiger partial charge in [-0.2, -0.15) is 0 Å². The van der Waals surface area contributed by atoms with Crippen LogP contribution in [0.25, 0.3) is 21.5 Å². The minimum absolute atomic E-state index is 0.0358. The Balaban J connectivity index is 1.75. The van der Waals surface area contributed by atoms with Gasteiger partial charge in [0.15, 0.2) is 0 Å². The van der Waals surface area contributed by atoms with E-state index >= 15 is 0 Å². The van der Waals surface area contributed by atoms with Gasteiger partial charge in [-0.15, -0.1) is 0 Å². The quantitative estimate of drug-likeness (QED) is 0.114. The van der Waals surface area contributed by atoms with Gasteiger partial charge in [0.1, 0.15) is 0 Å². The minimum atomic E-state index is -0.922. The number of esters is 1. The largest absolute Gasteiger partial charge is 0.465 e. The molecule has 1 atom stereocenters. The highest BCUT2D eigenvalue weighted by molar-refractivity contribution is 6.13. The molecule has 0 aliphatic rings. The summed E-state index contributed by atoms with van der Waals surface area (Å²) in [4.78, 5) is 30.4. The molecule has 3 aromatic rings. The van der Waals surface area contributed by atoms with Gasteiger partial charge in [-0.1, -0.05) is 60.6 Å². The van der Waals surface area contributed by atoms with Crippen molar-refractivity contribution in [2.24, 2.45) is 16.5 Å². The average molecular weight is 450 g/mol. The lowest BCUT2D eigenvalue weighted by atomic mass is 9.82. The fraction of sp³-hybridized carbons (Fsp3) is 0.370. The summed E-state index contributed by atoms with van der Waals surface area (Å²) in [6.45, 7) is 5.48. The molecule has 33 heavy (non-hydrogen) atoms. The van der Waals surface area contributed by atoms with Crippen LogP contribution in [0.3, 0.4) is 0 Å². The lowest BCUT2D eigenvalue weighted by Gasteiger charge is -2.25. The van der Waals surface area contributed by atoms with E-state index in [9.17, 15) is 9.59 Å². The van der Waals surface area contributed by atoms with E-state index in [0.29, 0.717) is 12.8 Å². The zero-order chi connectivity index (χ0) is 23.8. The SMILES string of the molecule is CCC(CC(C)(C)C(=O)O/N=C/c1c2ccccc2cc2ccccc12)C(=O)OCCCO. The molecule has 174 valence electrons. The number of hydrogen-bond donors (Lipinski definition) is 1. The Morgan fingerprint density at radius 1 is 1.06 bits per heavy atom. The van der Waals surface area contributed by atoms with Crippen molar-refractivity contribution in [3.05, 3.63) is 60.2 Å². The molecule has 0 aliphatic carbocycles. The third kappa shape index (κ3) is 5.96. The highest BCUT2D eigenvalue weighted by Gasteiger charge is 2.35. The Morgan fingerprint density at radius 3 is 2.24 bits per heavy atom. The first-order valence-electron chi connectivity index (χ1n) is 11.3. The van der Waals surface area contributed by atoms with Crippen molar-refractivity contribution >= 4 is 39.7 Å². The smallest absolute Gasteiger partial charge is 0.340 e. The number of benzene rings is 3. The molecule has 0 amide bonds. The molecule has 0 spiro atoms. The number of carbonyl (C=O) groups excluding carboxylic acids is 2. The zero-order valence-corrected chi connectivity index (χ0v) is 19.4. The Hall–Kier alpha value is -3.25. The van der Waals surface area contributed by atoms with Crippen molar-refractivity contribution in [2.45, 2.75) is 40.0 Å². The van der Waals surface area contributed by atoms with E-state index in [2.05, 4.69) is 11.2 Å². The van der Waals surface area contributed by atoms with Gasteiger partial charge in [0.05, 0.1) is 24.2 Å². The fourth-order valence-corrected chi connectivity index (χ4v) is 3.89. The van der Waals surface area contributed by atoms with Crippen LogP contribution < -0.4 is 0 Å². The van der Waals surface area contributed by atoms with Gasteiger partial charge < -0.3 is 14.7 Å². The van der Waals surface area contributed by atoms with Gasteiger partial charge >= 0.3 is 11.9 Å². The number of aliphatic hydroxyl groups excluding tert-OH is 1. The molecule has 3 aromatic carbocycles. The topological polar surface area (TPSA) is 85.2 Å². The summed E-state index contributed by atoms with van der Waals surface area (Å²) in [6.07, 6.45) is 2.80. The van der Waals surface area contributed by atoms with Crippen molar-refractivity contribution in [2.75, 3.05) is 13.2 Å². The van der Waals surface area contributed by atoms with Gasteiger partial charge in [-0.05, 0) is 54.3 Å². The Morgan fingerprint density at radius 2 is 1.67 bits per heavy atom. The van der Waals surface area contributed by atoms with Crippen LogP contribution in [0.5, 0.6) is 0 Å². The van der Waals surface area contributed by atoms with E-state index < -0.39 is 17.3 Å². The van der Waals surface area contributed by atoms with Gasteiger partial charge in [-0.25, -0.2) is 4.79 Å². The molecule has 0 radical (unpaired) electrons. The zero-order valence-electron chi connectivity index (χ0n) is 19.4. The number of hydrogen-bond acceptors (Lipinski definition) is 6. The van der Waals surface area contributed by atoms with Crippen LogP contribution in [-0.4, -0.2) is 36.5 Å². The summed E-state index contributed by atoms with van der Waals surface area (Å²) < 4.78 is 5.20. The molecule has 3 rings (SSSR count). The normalized spacial score (nSPS) is 12.8. The van der Waals surface area contributed by atoms with Crippen molar-refractivity contribution < 1.29 is 24.3 Å². The van der Waals surface area contributed by atoms with Crippen LogP contribution in [-0.2, 0) is 19.2 Å². The Bertz CT molecular complexity index is 1100. The first-order chi connectivity index (χ1) is 15.9. The number of rotatable bonds is 10.